The van der Waals surface area contributed by atoms with Crippen LogP contribution in [0.5, 0.6) is 0 Å². The van der Waals surface area contributed by atoms with Gasteiger partial charge in [0, 0.05) is 11.6 Å². The highest BCUT2D eigenvalue weighted by molar-refractivity contribution is 5.22. The lowest BCUT2D eigenvalue weighted by atomic mass is 10.1. The summed E-state index contributed by atoms with van der Waals surface area (Å²) in [4.78, 5) is 11.8. The van der Waals surface area contributed by atoms with Crippen molar-refractivity contribution in [1.82, 2.24) is 15.1 Å². The van der Waals surface area contributed by atoms with Gasteiger partial charge in [-0.2, -0.15) is 5.10 Å². The van der Waals surface area contributed by atoms with Gasteiger partial charge in [0.1, 0.15) is 0 Å². The highest BCUT2D eigenvalue weighted by Crippen LogP contribution is 2.20. The molecule has 0 aliphatic carbocycles. The molecule has 2 aromatic rings. The van der Waals surface area contributed by atoms with Gasteiger partial charge in [-0.3, -0.25) is 4.79 Å². The summed E-state index contributed by atoms with van der Waals surface area (Å²) in [5.41, 5.74) is 0.646. The van der Waals surface area contributed by atoms with Crippen molar-refractivity contribution < 1.29 is 8.78 Å². The van der Waals surface area contributed by atoms with E-state index in [1.165, 1.54) is 22.9 Å². The summed E-state index contributed by atoms with van der Waals surface area (Å²) in [6, 6.07) is 4.88. The first kappa shape index (κ1) is 14.3. The number of aryl methyl sites for hydroxylation is 1. The number of nitrogens with one attached hydrogen (secondary N) is 1. The van der Waals surface area contributed by atoms with E-state index < -0.39 is 17.7 Å². The van der Waals surface area contributed by atoms with E-state index in [1.807, 2.05) is 0 Å². The monoisotopic (exact) mass is 279 g/mol. The molecule has 1 aromatic carbocycles. The van der Waals surface area contributed by atoms with E-state index in [0.717, 1.165) is 11.6 Å². The maximum Gasteiger partial charge on any atom is 0.267 e. The van der Waals surface area contributed by atoms with E-state index in [0.29, 0.717) is 0 Å². The number of benzene rings is 1. The van der Waals surface area contributed by atoms with Crippen molar-refractivity contribution in [2.24, 2.45) is 0 Å². The van der Waals surface area contributed by atoms with Crippen LogP contribution in [0.2, 0.25) is 0 Å². The average Bonchev–Trinajstić information content (AvgIpc) is 2.42. The first-order valence-electron chi connectivity index (χ1n) is 6.18. The second-order valence-corrected chi connectivity index (χ2v) is 4.54. The Labute approximate surface area is 115 Å². The molecule has 0 amide bonds. The molecular formula is C14H15F2N3O. The lowest BCUT2D eigenvalue weighted by Gasteiger charge is -2.18. The van der Waals surface area contributed by atoms with Gasteiger partial charge in [0.25, 0.3) is 5.56 Å². The molecule has 2 rings (SSSR count). The van der Waals surface area contributed by atoms with Crippen LogP contribution in [0, 0.1) is 18.6 Å². The number of hydrogen-bond donors (Lipinski definition) is 1. The van der Waals surface area contributed by atoms with Gasteiger partial charge in [-0.15, -0.1) is 0 Å². The van der Waals surface area contributed by atoms with Crippen LogP contribution < -0.4 is 10.9 Å². The minimum absolute atomic E-state index is 0.121. The molecule has 1 aromatic heterocycles. The minimum Gasteiger partial charge on any atom is -0.311 e. The van der Waals surface area contributed by atoms with Crippen molar-refractivity contribution in [2.75, 3.05) is 7.05 Å². The van der Waals surface area contributed by atoms with Gasteiger partial charge in [-0.1, -0.05) is 12.1 Å². The highest BCUT2D eigenvalue weighted by Gasteiger charge is 2.18. The zero-order valence-corrected chi connectivity index (χ0v) is 11.2. The topological polar surface area (TPSA) is 46.9 Å². The summed E-state index contributed by atoms with van der Waals surface area (Å²) < 4.78 is 28.3. The van der Waals surface area contributed by atoms with Crippen LogP contribution in [0.3, 0.4) is 0 Å². The van der Waals surface area contributed by atoms with Gasteiger partial charge in [-0.25, -0.2) is 13.5 Å². The highest BCUT2D eigenvalue weighted by atomic mass is 19.2. The number of halogens is 2. The van der Waals surface area contributed by atoms with Gasteiger partial charge in [0.15, 0.2) is 11.6 Å². The Morgan fingerprint density at radius 1 is 1.40 bits per heavy atom. The standard InChI is InChI=1S/C14H15F2N3O/c1-9-6-13(20)19(18-7-9)8-12(17-2)10-4-3-5-11(15)14(10)16/h3-7,12,17H,8H2,1-2H3. The fourth-order valence-corrected chi connectivity index (χ4v) is 1.97. The lowest BCUT2D eigenvalue weighted by molar-refractivity contribution is 0.421. The Morgan fingerprint density at radius 3 is 2.80 bits per heavy atom. The van der Waals surface area contributed by atoms with E-state index in [2.05, 4.69) is 10.4 Å². The Bertz CT molecular complexity index is 670. The molecule has 0 aliphatic heterocycles. The van der Waals surface area contributed by atoms with E-state index in [9.17, 15) is 13.6 Å². The van der Waals surface area contributed by atoms with Crippen molar-refractivity contribution >= 4 is 0 Å². The molecule has 0 fully saturated rings. The van der Waals surface area contributed by atoms with E-state index in [4.69, 9.17) is 0 Å². The first-order chi connectivity index (χ1) is 9.52. The molecule has 1 heterocycles. The number of likely N-dealkylation sites (N-methyl/N-ethyl adjacent to an activating group) is 1. The van der Waals surface area contributed by atoms with Crippen LogP contribution in [0.1, 0.15) is 17.2 Å². The fourth-order valence-electron chi connectivity index (χ4n) is 1.97. The number of hydrogen-bond acceptors (Lipinski definition) is 3. The van der Waals surface area contributed by atoms with E-state index >= 15 is 0 Å². The van der Waals surface area contributed by atoms with Crippen LogP contribution in [0.4, 0.5) is 8.78 Å². The number of aromatic nitrogens is 2. The van der Waals surface area contributed by atoms with Crippen molar-refractivity contribution in [3.05, 3.63) is 63.6 Å². The van der Waals surface area contributed by atoms with Crippen LogP contribution in [-0.2, 0) is 6.54 Å². The van der Waals surface area contributed by atoms with Crippen LogP contribution in [0.25, 0.3) is 0 Å². The molecule has 1 unspecified atom stereocenters. The zero-order chi connectivity index (χ0) is 14.7. The minimum atomic E-state index is -0.910. The second kappa shape index (κ2) is 5.92. The lowest BCUT2D eigenvalue weighted by Crippen LogP contribution is -2.30. The average molecular weight is 279 g/mol. The molecule has 0 radical (unpaired) electrons. The van der Waals surface area contributed by atoms with Crippen molar-refractivity contribution in [3.8, 4) is 0 Å². The molecule has 4 nitrogen and oxygen atoms in total. The molecule has 0 spiro atoms. The Hall–Kier alpha value is -2.08. The van der Waals surface area contributed by atoms with Crippen LogP contribution >= 0.6 is 0 Å². The Balaban J connectivity index is 2.34. The Kier molecular flexibility index (Phi) is 4.24. The summed E-state index contributed by atoms with van der Waals surface area (Å²) in [5.74, 6) is -1.82. The van der Waals surface area contributed by atoms with Gasteiger partial charge in [0.2, 0.25) is 0 Å². The maximum absolute atomic E-state index is 13.8. The Morgan fingerprint density at radius 2 is 2.15 bits per heavy atom. The molecule has 0 aliphatic rings. The molecule has 0 saturated heterocycles. The van der Waals surface area contributed by atoms with Gasteiger partial charge in [-0.05, 0) is 25.6 Å². The smallest absolute Gasteiger partial charge is 0.267 e. The molecule has 1 atom stereocenters. The van der Waals surface area contributed by atoms with Crippen molar-refractivity contribution in [2.45, 2.75) is 19.5 Å². The normalized spacial score (nSPS) is 12.4. The molecule has 0 saturated carbocycles. The summed E-state index contributed by atoms with van der Waals surface area (Å²) in [5, 5.41) is 6.86. The number of nitrogens with zero attached hydrogens (tertiary/aromatic N) is 2. The van der Waals surface area contributed by atoms with Crippen molar-refractivity contribution in [1.29, 1.82) is 0 Å². The van der Waals surface area contributed by atoms with E-state index in [-0.39, 0.29) is 17.7 Å². The quantitative estimate of drug-likeness (QED) is 0.928. The molecule has 1 N–H and O–H groups in total. The molecule has 20 heavy (non-hydrogen) atoms. The summed E-state index contributed by atoms with van der Waals surface area (Å²) in [6.07, 6.45) is 1.55. The molecule has 6 heteroatoms. The predicted octanol–water partition coefficient (Wildman–Crippen LogP) is 1.79. The summed E-state index contributed by atoms with van der Waals surface area (Å²) in [6.45, 7) is 1.89. The van der Waals surface area contributed by atoms with Gasteiger partial charge < -0.3 is 5.32 Å². The molecule has 106 valence electrons. The largest absolute Gasteiger partial charge is 0.311 e. The zero-order valence-electron chi connectivity index (χ0n) is 11.2. The first-order valence-corrected chi connectivity index (χ1v) is 6.18. The van der Waals surface area contributed by atoms with Crippen molar-refractivity contribution in [3.63, 3.8) is 0 Å². The third-order valence-electron chi connectivity index (χ3n) is 3.07. The van der Waals surface area contributed by atoms with Gasteiger partial charge >= 0.3 is 0 Å². The second-order valence-electron chi connectivity index (χ2n) is 4.54. The SMILES string of the molecule is CNC(Cn1ncc(C)cc1=O)c1cccc(F)c1F. The van der Waals surface area contributed by atoms with Crippen LogP contribution in [-0.4, -0.2) is 16.8 Å². The van der Waals surface area contributed by atoms with Gasteiger partial charge in [0.05, 0.1) is 18.8 Å². The summed E-state index contributed by atoms with van der Waals surface area (Å²) >= 11 is 0. The third-order valence-corrected chi connectivity index (χ3v) is 3.07. The molecular weight excluding hydrogens is 264 g/mol. The maximum atomic E-state index is 13.8. The molecule has 0 bridgehead atoms. The van der Waals surface area contributed by atoms with Crippen LogP contribution in [0.15, 0.2) is 35.3 Å². The third kappa shape index (κ3) is 2.91. The predicted molar refractivity (Wildman–Crippen MR) is 71.4 cm³/mol. The van der Waals surface area contributed by atoms with E-state index in [1.54, 1.807) is 20.2 Å². The fraction of sp³-hybridized carbons (Fsp3) is 0.286. The number of rotatable bonds is 4. The summed E-state index contributed by atoms with van der Waals surface area (Å²) in [7, 11) is 1.62.